The molecule has 0 radical (unpaired) electrons. The number of piperidine rings is 1. The van der Waals surface area contributed by atoms with Gasteiger partial charge in [-0.2, -0.15) is 0 Å². The highest BCUT2D eigenvalue weighted by Gasteiger charge is 2.34. The molecule has 20 heavy (non-hydrogen) atoms. The lowest BCUT2D eigenvalue weighted by atomic mass is 9.88. The molecule has 3 rings (SSSR count). The van der Waals surface area contributed by atoms with E-state index in [9.17, 15) is 0 Å². The van der Waals surface area contributed by atoms with Crippen LogP contribution in [0, 0.1) is 5.92 Å². The molecule has 1 aromatic rings. The molecule has 2 aliphatic rings. The summed E-state index contributed by atoms with van der Waals surface area (Å²) in [5, 5.41) is 7.62. The van der Waals surface area contributed by atoms with Gasteiger partial charge in [0.25, 0.3) is 0 Å². The third-order valence-corrected chi connectivity index (χ3v) is 6.33. The van der Waals surface area contributed by atoms with Gasteiger partial charge in [0, 0.05) is 23.0 Å². The Labute approximate surface area is 131 Å². The highest BCUT2D eigenvalue weighted by atomic mass is 35.5. The van der Waals surface area contributed by atoms with Crippen LogP contribution < -0.4 is 10.6 Å². The first kappa shape index (κ1) is 14.8. The van der Waals surface area contributed by atoms with Gasteiger partial charge < -0.3 is 10.6 Å². The van der Waals surface area contributed by atoms with Gasteiger partial charge in [0.1, 0.15) is 0 Å². The second-order valence-electron chi connectivity index (χ2n) is 6.29. The third-order valence-electron chi connectivity index (χ3n) is 4.92. The van der Waals surface area contributed by atoms with Crippen LogP contribution in [0.5, 0.6) is 0 Å². The van der Waals surface area contributed by atoms with Crippen molar-refractivity contribution in [3.63, 3.8) is 0 Å². The molecule has 4 unspecified atom stereocenters. The van der Waals surface area contributed by atoms with Crippen molar-refractivity contribution in [3.05, 3.63) is 21.3 Å². The lowest BCUT2D eigenvalue weighted by Gasteiger charge is -2.34. The fourth-order valence-electron chi connectivity index (χ4n) is 3.89. The molecule has 2 nitrogen and oxygen atoms in total. The van der Waals surface area contributed by atoms with Crippen molar-refractivity contribution in [2.45, 2.75) is 63.6 Å². The molecule has 1 aliphatic heterocycles. The van der Waals surface area contributed by atoms with Crippen molar-refractivity contribution in [2.24, 2.45) is 5.92 Å². The van der Waals surface area contributed by atoms with Crippen LogP contribution in [0.25, 0.3) is 0 Å². The maximum Gasteiger partial charge on any atom is 0.0931 e. The second-order valence-corrected chi connectivity index (χ2v) is 8.03. The zero-order valence-corrected chi connectivity index (χ0v) is 13.8. The van der Waals surface area contributed by atoms with E-state index in [2.05, 4.69) is 23.6 Å². The summed E-state index contributed by atoms with van der Waals surface area (Å²) < 4.78 is 0.894. The van der Waals surface area contributed by atoms with Gasteiger partial charge in [-0.1, -0.05) is 24.4 Å². The van der Waals surface area contributed by atoms with Crippen molar-refractivity contribution in [1.29, 1.82) is 0 Å². The van der Waals surface area contributed by atoms with Crippen LogP contribution in [0.4, 0.5) is 0 Å². The number of nitrogens with one attached hydrogen (secondary N) is 2. The molecule has 0 spiro atoms. The summed E-state index contributed by atoms with van der Waals surface area (Å²) in [5.41, 5.74) is 0. The van der Waals surface area contributed by atoms with E-state index in [-0.39, 0.29) is 0 Å². The van der Waals surface area contributed by atoms with Gasteiger partial charge in [-0.25, -0.2) is 0 Å². The van der Waals surface area contributed by atoms with E-state index in [4.69, 9.17) is 11.6 Å². The molecule has 1 saturated heterocycles. The van der Waals surface area contributed by atoms with Crippen molar-refractivity contribution in [2.75, 3.05) is 6.54 Å². The van der Waals surface area contributed by atoms with E-state index in [1.807, 2.05) is 6.07 Å². The van der Waals surface area contributed by atoms with Gasteiger partial charge in [-0.3, -0.25) is 0 Å². The van der Waals surface area contributed by atoms with Gasteiger partial charge in [0.15, 0.2) is 0 Å². The number of halogens is 1. The molecular formula is C16H25ClN2S. The Bertz CT molecular complexity index is 428. The van der Waals surface area contributed by atoms with Crippen molar-refractivity contribution < 1.29 is 0 Å². The predicted molar refractivity (Wildman–Crippen MR) is 87.7 cm³/mol. The monoisotopic (exact) mass is 312 g/mol. The standard InChI is InChI=1S/C16H25ClN2S/c1-11(15-8-9-16(17)20-15)19-14-7-4-5-12(14)13-6-2-3-10-18-13/h8-9,11-14,18-19H,2-7,10H2,1H3. The zero-order chi connectivity index (χ0) is 13.9. The lowest BCUT2D eigenvalue weighted by molar-refractivity contribution is 0.249. The van der Waals surface area contributed by atoms with Crippen LogP contribution >= 0.6 is 22.9 Å². The largest absolute Gasteiger partial charge is 0.314 e. The number of thiophene rings is 1. The fourth-order valence-corrected chi connectivity index (χ4v) is 4.96. The Morgan fingerprint density at radius 1 is 1.25 bits per heavy atom. The maximum absolute atomic E-state index is 6.05. The summed E-state index contributed by atoms with van der Waals surface area (Å²) >= 11 is 7.76. The van der Waals surface area contributed by atoms with Crippen LogP contribution in [0.2, 0.25) is 4.34 Å². The number of rotatable bonds is 4. The normalized spacial score (nSPS) is 32.4. The lowest BCUT2D eigenvalue weighted by Crippen LogP contribution is -2.47. The first-order chi connectivity index (χ1) is 9.74. The summed E-state index contributed by atoms with van der Waals surface area (Å²) in [5.74, 6) is 0.813. The van der Waals surface area contributed by atoms with Crippen molar-refractivity contribution in [3.8, 4) is 0 Å². The SMILES string of the molecule is CC(NC1CCCC1C1CCCCN1)c1ccc(Cl)s1. The highest BCUT2D eigenvalue weighted by molar-refractivity contribution is 7.16. The Hall–Kier alpha value is -0.0900. The van der Waals surface area contributed by atoms with Gasteiger partial charge >= 0.3 is 0 Å². The van der Waals surface area contributed by atoms with Crippen LogP contribution in [0.1, 0.15) is 56.4 Å². The molecule has 0 aromatic carbocycles. The maximum atomic E-state index is 6.05. The average Bonchev–Trinajstić information content (AvgIpc) is 3.09. The van der Waals surface area contributed by atoms with Gasteiger partial charge in [0.05, 0.1) is 4.34 Å². The van der Waals surface area contributed by atoms with E-state index < -0.39 is 0 Å². The van der Waals surface area contributed by atoms with E-state index in [0.717, 1.165) is 16.3 Å². The van der Waals surface area contributed by atoms with E-state index in [1.54, 1.807) is 11.3 Å². The molecule has 4 heteroatoms. The van der Waals surface area contributed by atoms with E-state index >= 15 is 0 Å². The third kappa shape index (κ3) is 3.38. The smallest absolute Gasteiger partial charge is 0.0931 e. The highest BCUT2D eigenvalue weighted by Crippen LogP contribution is 2.34. The molecule has 4 atom stereocenters. The molecule has 0 bridgehead atoms. The molecule has 1 saturated carbocycles. The van der Waals surface area contributed by atoms with Gasteiger partial charge in [-0.15, -0.1) is 11.3 Å². The van der Waals surface area contributed by atoms with Crippen molar-refractivity contribution in [1.82, 2.24) is 10.6 Å². The quantitative estimate of drug-likeness (QED) is 0.863. The van der Waals surface area contributed by atoms with Crippen LogP contribution in [0.3, 0.4) is 0 Å². The Kier molecular flexibility index (Phi) is 5.03. The molecule has 1 aliphatic carbocycles. The van der Waals surface area contributed by atoms with E-state index in [0.29, 0.717) is 12.1 Å². The average molecular weight is 313 g/mol. The molecule has 1 aromatic heterocycles. The molecule has 2 fully saturated rings. The summed E-state index contributed by atoms with van der Waals surface area (Å²) in [6.07, 6.45) is 8.20. The molecular weight excluding hydrogens is 288 g/mol. The molecule has 0 amide bonds. The van der Waals surface area contributed by atoms with Crippen LogP contribution in [0.15, 0.2) is 12.1 Å². The first-order valence-corrected chi connectivity index (χ1v) is 9.18. The van der Waals surface area contributed by atoms with E-state index in [1.165, 1.54) is 49.9 Å². The summed E-state index contributed by atoms with van der Waals surface area (Å²) in [6, 6.07) is 5.99. The number of hydrogen-bond donors (Lipinski definition) is 2. The molecule has 2 N–H and O–H groups in total. The second kappa shape index (κ2) is 6.78. The topological polar surface area (TPSA) is 24.1 Å². The first-order valence-electron chi connectivity index (χ1n) is 7.98. The van der Waals surface area contributed by atoms with Gasteiger partial charge in [0.2, 0.25) is 0 Å². The zero-order valence-electron chi connectivity index (χ0n) is 12.2. The minimum Gasteiger partial charge on any atom is -0.314 e. The predicted octanol–water partition coefficient (Wildman–Crippen LogP) is 4.36. The summed E-state index contributed by atoms with van der Waals surface area (Å²) in [4.78, 5) is 1.36. The van der Waals surface area contributed by atoms with Gasteiger partial charge in [-0.05, 0) is 57.2 Å². The van der Waals surface area contributed by atoms with Crippen LogP contribution in [-0.2, 0) is 0 Å². The van der Waals surface area contributed by atoms with Crippen molar-refractivity contribution >= 4 is 22.9 Å². The molecule has 2 heterocycles. The fraction of sp³-hybridized carbons (Fsp3) is 0.750. The Morgan fingerprint density at radius 2 is 2.15 bits per heavy atom. The Balaban J connectivity index is 1.60. The summed E-state index contributed by atoms with van der Waals surface area (Å²) in [6.45, 7) is 3.48. The Morgan fingerprint density at radius 3 is 2.85 bits per heavy atom. The molecule has 112 valence electrons. The number of hydrogen-bond acceptors (Lipinski definition) is 3. The minimum absolute atomic E-state index is 0.418. The summed E-state index contributed by atoms with van der Waals surface area (Å²) in [7, 11) is 0. The van der Waals surface area contributed by atoms with Crippen LogP contribution in [-0.4, -0.2) is 18.6 Å². The minimum atomic E-state index is 0.418.